The van der Waals surface area contributed by atoms with Gasteiger partial charge in [0.05, 0.1) is 6.61 Å². The van der Waals surface area contributed by atoms with Gasteiger partial charge in [0.15, 0.2) is 5.54 Å². The van der Waals surface area contributed by atoms with E-state index in [-0.39, 0.29) is 6.02 Å². The molecule has 27 heavy (non-hydrogen) atoms. The quantitative estimate of drug-likeness (QED) is 0.756. The van der Waals surface area contributed by atoms with Gasteiger partial charge in [0, 0.05) is 18.0 Å². The number of nitrogens with two attached hydrogens (primary N) is 1. The molecular weight excluding hydrogens is 340 g/mol. The molecule has 136 valence electrons. The molecule has 3 aromatic rings. The number of benzene rings is 2. The van der Waals surface area contributed by atoms with Gasteiger partial charge in [-0.15, -0.1) is 0 Å². The van der Waals surface area contributed by atoms with Crippen LogP contribution in [-0.2, 0) is 10.3 Å². The van der Waals surface area contributed by atoms with Gasteiger partial charge in [0.2, 0.25) is 0 Å². The van der Waals surface area contributed by atoms with E-state index in [1.165, 1.54) is 6.33 Å². The van der Waals surface area contributed by atoms with E-state index < -0.39 is 5.54 Å². The van der Waals surface area contributed by atoms with Crippen molar-refractivity contribution in [2.24, 2.45) is 10.7 Å². The first-order valence-corrected chi connectivity index (χ1v) is 8.79. The Hall–Kier alpha value is -3.41. The van der Waals surface area contributed by atoms with E-state index in [1.807, 2.05) is 49.4 Å². The van der Waals surface area contributed by atoms with Crippen molar-refractivity contribution in [3.8, 4) is 16.9 Å². The van der Waals surface area contributed by atoms with E-state index in [2.05, 4.69) is 21.0 Å². The minimum atomic E-state index is -0.694. The molecule has 0 bridgehead atoms. The summed E-state index contributed by atoms with van der Waals surface area (Å²) in [5.41, 5.74) is 9.14. The highest BCUT2D eigenvalue weighted by atomic mass is 16.5. The zero-order chi connectivity index (χ0) is 18.7. The Bertz CT molecular complexity index is 957. The van der Waals surface area contributed by atoms with Crippen LogP contribution in [-0.4, -0.2) is 29.2 Å². The maximum absolute atomic E-state index is 5.89. The summed E-state index contributed by atoms with van der Waals surface area (Å²) in [6, 6.07) is 16.2. The maximum Gasteiger partial charge on any atom is 0.283 e. The minimum Gasteiger partial charge on any atom is -0.494 e. The number of aliphatic imine (C=N–C) groups is 1. The summed E-state index contributed by atoms with van der Waals surface area (Å²) in [4.78, 5) is 12.9. The van der Waals surface area contributed by atoms with Crippen LogP contribution in [0.5, 0.6) is 5.75 Å². The molecule has 1 aromatic heterocycles. The Labute approximate surface area is 157 Å². The lowest BCUT2D eigenvalue weighted by Crippen LogP contribution is -2.27. The van der Waals surface area contributed by atoms with Crippen molar-refractivity contribution in [2.45, 2.75) is 12.5 Å². The molecule has 2 heterocycles. The summed E-state index contributed by atoms with van der Waals surface area (Å²) in [5.74, 6) is 0.822. The SMILES string of the molecule is CCOc1ccc(C2(c3cccc(-c4cncnc4)c3)COC(N)=N2)cc1. The van der Waals surface area contributed by atoms with Crippen LogP contribution in [0.25, 0.3) is 11.1 Å². The molecule has 0 radical (unpaired) electrons. The van der Waals surface area contributed by atoms with Crippen molar-refractivity contribution in [1.82, 2.24) is 9.97 Å². The number of hydrogen-bond donors (Lipinski definition) is 1. The van der Waals surface area contributed by atoms with Gasteiger partial charge in [-0.1, -0.05) is 30.3 Å². The second kappa shape index (κ2) is 7.07. The monoisotopic (exact) mass is 360 g/mol. The summed E-state index contributed by atoms with van der Waals surface area (Å²) in [5, 5.41) is 0. The van der Waals surface area contributed by atoms with Crippen molar-refractivity contribution in [1.29, 1.82) is 0 Å². The smallest absolute Gasteiger partial charge is 0.283 e. The highest BCUT2D eigenvalue weighted by molar-refractivity contribution is 5.75. The summed E-state index contributed by atoms with van der Waals surface area (Å²) in [7, 11) is 0. The van der Waals surface area contributed by atoms with Crippen LogP contribution in [0.4, 0.5) is 0 Å². The molecule has 1 atom stereocenters. The Morgan fingerprint density at radius 2 is 1.81 bits per heavy atom. The zero-order valence-corrected chi connectivity index (χ0v) is 15.0. The van der Waals surface area contributed by atoms with Gasteiger partial charge in [-0.2, -0.15) is 0 Å². The molecule has 1 aliphatic rings. The third-order valence-electron chi connectivity index (χ3n) is 4.61. The average Bonchev–Trinajstić information content (AvgIpc) is 3.13. The second-order valence-electron chi connectivity index (χ2n) is 6.26. The molecule has 1 aliphatic heterocycles. The third kappa shape index (κ3) is 3.21. The first-order valence-electron chi connectivity index (χ1n) is 8.79. The Morgan fingerprint density at radius 3 is 2.48 bits per heavy atom. The van der Waals surface area contributed by atoms with Crippen molar-refractivity contribution >= 4 is 6.02 Å². The van der Waals surface area contributed by atoms with Crippen LogP contribution in [0.3, 0.4) is 0 Å². The first-order chi connectivity index (χ1) is 13.2. The number of aromatic nitrogens is 2. The Balaban J connectivity index is 1.80. The van der Waals surface area contributed by atoms with Gasteiger partial charge < -0.3 is 15.2 Å². The van der Waals surface area contributed by atoms with E-state index in [9.17, 15) is 0 Å². The van der Waals surface area contributed by atoms with Crippen LogP contribution in [0, 0.1) is 0 Å². The molecule has 0 fully saturated rings. The summed E-state index contributed by atoms with van der Waals surface area (Å²) >= 11 is 0. The molecule has 6 nitrogen and oxygen atoms in total. The van der Waals surface area contributed by atoms with Gasteiger partial charge >= 0.3 is 0 Å². The lowest BCUT2D eigenvalue weighted by Gasteiger charge is -2.26. The van der Waals surface area contributed by atoms with E-state index in [1.54, 1.807) is 12.4 Å². The van der Waals surface area contributed by atoms with E-state index in [4.69, 9.17) is 15.2 Å². The van der Waals surface area contributed by atoms with Gasteiger partial charge in [0.25, 0.3) is 6.02 Å². The minimum absolute atomic E-state index is 0.192. The molecule has 4 rings (SSSR count). The number of hydrogen-bond acceptors (Lipinski definition) is 6. The van der Waals surface area contributed by atoms with Crippen LogP contribution in [0.15, 0.2) is 72.2 Å². The molecule has 0 spiro atoms. The topological polar surface area (TPSA) is 82.6 Å². The summed E-state index contributed by atoms with van der Waals surface area (Å²) < 4.78 is 11.1. The van der Waals surface area contributed by atoms with Crippen molar-refractivity contribution in [3.63, 3.8) is 0 Å². The fourth-order valence-electron chi connectivity index (χ4n) is 3.29. The lowest BCUT2D eigenvalue weighted by atomic mass is 9.83. The average molecular weight is 360 g/mol. The first kappa shape index (κ1) is 17.0. The van der Waals surface area contributed by atoms with Gasteiger partial charge in [-0.3, -0.25) is 0 Å². The Morgan fingerprint density at radius 1 is 1.04 bits per heavy atom. The Kier molecular flexibility index (Phi) is 4.46. The molecule has 0 saturated carbocycles. The highest BCUT2D eigenvalue weighted by Crippen LogP contribution is 2.39. The van der Waals surface area contributed by atoms with Gasteiger partial charge in [-0.05, 0) is 41.8 Å². The highest BCUT2D eigenvalue weighted by Gasteiger charge is 2.40. The maximum atomic E-state index is 5.89. The van der Waals surface area contributed by atoms with Gasteiger partial charge in [-0.25, -0.2) is 15.0 Å². The number of nitrogens with zero attached hydrogens (tertiary/aromatic N) is 3. The predicted molar refractivity (Wildman–Crippen MR) is 103 cm³/mol. The normalized spacial score (nSPS) is 18.6. The molecular formula is C21H20N4O2. The number of rotatable bonds is 5. The molecule has 2 N–H and O–H groups in total. The molecule has 0 saturated heterocycles. The van der Waals surface area contributed by atoms with Gasteiger partial charge in [0.1, 0.15) is 18.7 Å². The number of amidine groups is 1. The van der Waals surface area contributed by atoms with Crippen molar-refractivity contribution < 1.29 is 9.47 Å². The van der Waals surface area contributed by atoms with E-state index >= 15 is 0 Å². The lowest BCUT2D eigenvalue weighted by molar-refractivity contribution is 0.278. The van der Waals surface area contributed by atoms with Crippen molar-refractivity contribution in [2.75, 3.05) is 13.2 Å². The van der Waals surface area contributed by atoms with Crippen molar-refractivity contribution in [3.05, 3.63) is 78.4 Å². The zero-order valence-electron chi connectivity index (χ0n) is 15.0. The summed E-state index contributed by atoms with van der Waals surface area (Å²) in [6.45, 7) is 2.94. The van der Waals surface area contributed by atoms with E-state index in [0.717, 1.165) is 28.0 Å². The second-order valence-corrected chi connectivity index (χ2v) is 6.26. The molecule has 6 heteroatoms. The van der Waals surface area contributed by atoms with Crippen LogP contribution >= 0.6 is 0 Å². The fourth-order valence-corrected chi connectivity index (χ4v) is 3.29. The molecule has 0 amide bonds. The predicted octanol–water partition coefficient (Wildman–Crippen LogP) is 3.13. The standard InChI is InChI=1S/C21H20N4O2/c1-2-26-19-8-6-17(7-9-19)21(13-27-20(22)25-21)18-5-3-4-15(10-18)16-11-23-14-24-12-16/h3-12,14H,2,13H2,1H3,(H2,22,25). The number of ether oxygens (including phenoxy) is 2. The summed E-state index contributed by atoms with van der Waals surface area (Å²) in [6.07, 6.45) is 5.10. The largest absolute Gasteiger partial charge is 0.494 e. The molecule has 1 unspecified atom stereocenters. The third-order valence-corrected chi connectivity index (χ3v) is 4.61. The van der Waals surface area contributed by atoms with E-state index in [0.29, 0.717) is 13.2 Å². The fraction of sp³-hybridized carbons (Fsp3) is 0.190. The molecule has 2 aromatic carbocycles. The van der Waals surface area contributed by atoms with Crippen LogP contribution < -0.4 is 10.5 Å². The molecule has 0 aliphatic carbocycles. The van der Waals surface area contributed by atoms with Crippen LogP contribution in [0.1, 0.15) is 18.1 Å². The van der Waals surface area contributed by atoms with Crippen LogP contribution in [0.2, 0.25) is 0 Å².